The van der Waals surface area contributed by atoms with E-state index in [1.54, 1.807) is 0 Å². The lowest BCUT2D eigenvalue weighted by atomic mass is 10.1. The molecule has 0 atom stereocenters. The molecule has 0 amide bonds. The first kappa shape index (κ1) is 9.90. The van der Waals surface area contributed by atoms with Crippen molar-refractivity contribution < 1.29 is 24.3 Å². The molecule has 0 aliphatic rings. The predicted octanol–water partition coefficient (Wildman–Crippen LogP) is 1.14. The first-order chi connectivity index (χ1) is 6.45. The van der Waals surface area contributed by atoms with Gasteiger partial charge in [-0.1, -0.05) is 0 Å². The smallest absolute Gasteiger partial charge is 0.345 e. The van der Waals surface area contributed by atoms with E-state index < -0.39 is 33.7 Å². The minimum atomic E-state index is -1.80. The summed E-state index contributed by atoms with van der Waals surface area (Å²) in [4.78, 5) is 19.7. The number of rotatable bonds is 2. The predicted molar refractivity (Wildman–Crippen MR) is 41.7 cm³/mol. The Labute approximate surface area is 76.4 Å². The summed E-state index contributed by atoms with van der Waals surface area (Å²) in [5.41, 5.74) is -2.04. The van der Waals surface area contributed by atoms with Crippen LogP contribution < -0.4 is 0 Å². The monoisotopic (exact) mass is 201 g/mol. The Morgan fingerprint density at radius 3 is 2.50 bits per heavy atom. The van der Waals surface area contributed by atoms with Gasteiger partial charge >= 0.3 is 5.97 Å². The van der Waals surface area contributed by atoms with Crippen molar-refractivity contribution >= 4 is 11.7 Å². The molecule has 1 aromatic carbocycles. The topological polar surface area (TPSA) is 101 Å². The van der Waals surface area contributed by atoms with E-state index in [1.165, 1.54) is 0 Å². The summed E-state index contributed by atoms with van der Waals surface area (Å²) in [5, 5.41) is 27.5. The van der Waals surface area contributed by atoms with Gasteiger partial charge < -0.3 is 10.2 Å². The zero-order chi connectivity index (χ0) is 10.9. The SMILES string of the molecule is O=C(O)c1c([N+](=O)[O-])ccc(O)c1F. The number of hydrogen-bond donors (Lipinski definition) is 2. The number of benzene rings is 1. The molecule has 14 heavy (non-hydrogen) atoms. The number of aromatic carboxylic acids is 1. The molecule has 0 bridgehead atoms. The maximum atomic E-state index is 12.9. The van der Waals surface area contributed by atoms with Crippen LogP contribution in [0.15, 0.2) is 12.1 Å². The van der Waals surface area contributed by atoms with Crippen molar-refractivity contribution in [3.63, 3.8) is 0 Å². The van der Waals surface area contributed by atoms with Crippen molar-refractivity contribution in [2.75, 3.05) is 0 Å². The molecule has 0 spiro atoms. The fraction of sp³-hybridized carbons (Fsp3) is 0. The van der Waals surface area contributed by atoms with E-state index in [0.717, 1.165) is 12.1 Å². The van der Waals surface area contributed by atoms with Crippen LogP contribution in [-0.4, -0.2) is 21.1 Å². The van der Waals surface area contributed by atoms with Gasteiger partial charge in [0.05, 0.1) is 4.92 Å². The Kier molecular flexibility index (Phi) is 2.32. The van der Waals surface area contributed by atoms with E-state index in [-0.39, 0.29) is 0 Å². The van der Waals surface area contributed by atoms with E-state index in [1.807, 2.05) is 0 Å². The lowest BCUT2D eigenvalue weighted by Gasteiger charge is -2.00. The molecule has 0 aliphatic heterocycles. The Morgan fingerprint density at radius 1 is 1.50 bits per heavy atom. The molecule has 0 aromatic heterocycles. The van der Waals surface area contributed by atoms with Gasteiger partial charge in [-0.25, -0.2) is 9.18 Å². The van der Waals surface area contributed by atoms with Crippen molar-refractivity contribution in [1.82, 2.24) is 0 Å². The molecule has 0 heterocycles. The highest BCUT2D eigenvalue weighted by molar-refractivity contribution is 5.93. The van der Waals surface area contributed by atoms with Crippen molar-refractivity contribution in [2.24, 2.45) is 0 Å². The Morgan fingerprint density at radius 2 is 2.07 bits per heavy atom. The minimum Gasteiger partial charge on any atom is -0.505 e. The minimum absolute atomic E-state index is 0.722. The van der Waals surface area contributed by atoms with Gasteiger partial charge in [-0.05, 0) is 6.07 Å². The summed E-state index contributed by atoms with van der Waals surface area (Å²) in [6.45, 7) is 0. The highest BCUT2D eigenvalue weighted by Gasteiger charge is 2.26. The van der Waals surface area contributed by atoms with E-state index in [0.29, 0.717) is 0 Å². The molecule has 6 nitrogen and oxygen atoms in total. The molecule has 2 N–H and O–H groups in total. The summed E-state index contributed by atoms with van der Waals surface area (Å²) in [6.07, 6.45) is 0. The quantitative estimate of drug-likeness (QED) is 0.551. The molecule has 0 saturated carbocycles. The van der Waals surface area contributed by atoms with Gasteiger partial charge in [0.2, 0.25) is 0 Å². The third-order valence-electron chi connectivity index (χ3n) is 1.51. The summed E-state index contributed by atoms with van der Waals surface area (Å²) in [5.74, 6) is -4.25. The molecule has 1 rings (SSSR count). The summed E-state index contributed by atoms with van der Waals surface area (Å²) < 4.78 is 12.9. The number of hydrogen-bond acceptors (Lipinski definition) is 4. The van der Waals surface area contributed by atoms with Crippen LogP contribution in [0, 0.1) is 15.9 Å². The second kappa shape index (κ2) is 3.29. The van der Waals surface area contributed by atoms with Crippen LogP contribution >= 0.6 is 0 Å². The van der Waals surface area contributed by atoms with Crippen molar-refractivity contribution in [3.8, 4) is 5.75 Å². The Bertz CT molecular complexity index is 417. The summed E-state index contributed by atoms with van der Waals surface area (Å²) in [6, 6.07) is 1.45. The van der Waals surface area contributed by atoms with Gasteiger partial charge in [0.1, 0.15) is 0 Å². The molecular formula is C7H4FNO5. The molecule has 0 saturated heterocycles. The van der Waals surface area contributed by atoms with Crippen LogP contribution in [0.25, 0.3) is 0 Å². The highest BCUT2D eigenvalue weighted by atomic mass is 19.1. The molecular weight excluding hydrogens is 197 g/mol. The lowest BCUT2D eigenvalue weighted by molar-refractivity contribution is -0.385. The van der Waals surface area contributed by atoms with E-state index >= 15 is 0 Å². The van der Waals surface area contributed by atoms with Gasteiger partial charge in [-0.3, -0.25) is 10.1 Å². The molecule has 1 aromatic rings. The number of carboxylic acid groups (broad SMARTS) is 1. The fourth-order valence-electron chi connectivity index (χ4n) is 0.910. The number of aromatic hydroxyl groups is 1. The van der Waals surface area contributed by atoms with Gasteiger partial charge in [0, 0.05) is 6.07 Å². The van der Waals surface area contributed by atoms with Crippen LogP contribution in [0.4, 0.5) is 10.1 Å². The molecule has 0 aliphatic carbocycles. The number of nitro groups is 1. The van der Waals surface area contributed by atoms with Crippen LogP contribution in [0.3, 0.4) is 0 Å². The fourth-order valence-corrected chi connectivity index (χ4v) is 0.910. The van der Waals surface area contributed by atoms with E-state index in [9.17, 15) is 19.3 Å². The number of phenols is 1. The normalized spacial score (nSPS) is 9.79. The lowest BCUT2D eigenvalue weighted by Crippen LogP contribution is -2.05. The Hall–Kier alpha value is -2.18. The van der Waals surface area contributed by atoms with Crippen LogP contribution in [0.2, 0.25) is 0 Å². The average molecular weight is 201 g/mol. The molecule has 74 valence electrons. The number of carbonyl (C=O) groups is 1. The van der Waals surface area contributed by atoms with Crippen LogP contribution in [0.5, 0.6) is 5.75 Å². The molecule has 0 unspecified atom stereocenters. The summed E-state index contributed by atoms with van der Waals surface area (Å²) >= 11 is 0. The first-order valence-electron chi connectivity index (χ1n) is 3.34. The zero-order valence-electron chi connectivity index (χ0n) is 6.60. The van der Waals surface area contributed by atoms with Crippen LogP contribution in [-0.2, 0) is 0 Å². The number of phenolic OH excluding ortho intramolecular Hbond substituents is 1. The molecule has 0 radical (unpaired) electrons. The van der Waals surface area contributed by atoms with Gasteiger partial charge in [0.25, 0.3) is 5.69 Å². The Balaban J connectivity index is 3.53. The maximum Gasteiger partial charge on any atom is 0.345 e. The zero-order valence-corrected chi connectivity index (χ0v) is 6.60. The number of carboxylic acids is 1. The number of nitro benzene ring substituents is 1. The van der Waals surface area contributed by atoms with Crippen molar-refractivity contribution in [1.29, 1.82) is 0 Å². The number of halogens is 1. The third-order valence-corrected chi connectivity index (χ3v) is 1.51. The van der Waals surface area contributed by atoms with Crippen molar-refractivity contribution in [2.45, 2.75) is 0 Å². The second-order valence-electron chi connectivity index (χ2n) is 2.36. The van der Waals surface area contributed by atoms with Gasteiger partial charge in [-0.15, -0.1) is 0 Å². The number of nitrogens with zero attached hydrogens (tertiary/aromatic N) is 1. The van der Waals surface area contributed by atoms with Crippen molar-refractivity contribution in [3.05, 3.63) is 33.6 Å². The van der Waals surface area contributed by atoms with Gasteiger partial charge in [-0.2, -0.15) is 0 Å². The summed E-state index contributed by atoms with van der Waals surface area (Å²) in [7, 11) is 0. The maximum absolute atomic E-state index is 12.9. The van der Waals surface area contributed by atoms with E-state index in [2.05, 4.69) is 0 Å². The first-order valence-corrected chi connectivity index (χ1v) is 3.34. The van der Waals surface area contributed by atoms with E-state index in [4.69, 9.17) is 10.2 Å². The standard InChI is InChI=1S/C7H4FNO5/c8-6-4(10)2-1-3(9(13)14)5(6)7(11)12/h1-2,10H,(H,11,12). The third kappa shape index (κ3) is 1.47. The average Bonchev–Trinajstić information content (AvgIpc) is 2.08. The molecule has 0 fully saturated rings. The second-order valence-corrected chi connectivity index (χ2v) is 2.36. The highest BCUT2D eigenvalue weighted by Crippen LogP contribution is 2.27. The van der Waals surface area contributed by atoms with Gasteiger partial charge in [0.15, 0.2) is 17.1 Å². The molecule has 7 heteroatoms. The largest absolute Gasteiger partial charge is 0.505 e. The van der Waals surface area contributed by atoms with Crippen LogP contribution in [0.1, 0.15) is 10.4 Å².